The van der Waals surface area contributed by atoms with Gasteiger partial charge in [-0.15, -0.1) is 6.58 Å². The van der Waals surface area contributed by atoms with Gasteiger partial charge < -0.3 is 14.2 Å². The summed E-state index contributed by atoms with van der Waals surface area (Å²) in [6.07, 6.45) is 4.71. The Bertz CT molecular complexity index is 2160. The van der Waals surface area contributed by atoms with Crippen molar-refractivity contribution < 1.29 is 19.0 Å². The number of esters is 1. The second kappa shape index (κ2) is 13.4. The number of thiazole rings is 1. The summed E-state index contributed by atoms with van der Waals surface area (Å²) in [5.74, 6) is 0.692. The lowest BCUT2D eigenvalue weighted by atomic mass is 9.95. The van der Waals surface area contributed by atoms with Crippen LogP contribution in [0.3, 0.4) is 0 Å². The minimum Gasteiger partial charge on any atom is -0.493 e. The molecule has 0 spiro atoms. The summed E-state index contributed by atoms with van der Waals surface area (Å²) in [5, 5.41) is 2.29. The first-order chi connectivity index (χ1) is 22.5. The number of allylic oxidation sites excluding steroid dienone is 2. The van der Waals surface area contributed by atoms with Crippen molar-refractivity contribution in [1.29, 1.82) is 0 Å². The van der Waals surface area contributed by atoms with E-state index in [2.05, 4.69) is 30.8 Å². The Morgan fingerprint density at radius 2 is 1.76 bits per heavy atom. The van der Waals surface area contributed by atoms with Gasteiger partial charge in [0.1, 0.15) is 6.61 Å². The monoisotopic (exact) mass is 630 g/mol. The molecule has 2 heterocycles. The molecule has 0 bridgehead atoms. The molecule has 0 unspecified atom stereocenters. The van der Waals surface area contributed by atoms with Gasteiger partial charge in [0.15, 0.2) is 16.3 Å². The molecule has 46 heavy (non-hydrogen) atoms. The van der Waals surface area contributed by atoms with Crippen LogP contribution in [0.15, 0.2) is 119 Å². The Balaban J connectivity index is 1.44. The number of aromatic nitrogens is 1. The summed E-state index contributed by atoms with van der Waals surface area (Å²) < 4.78 is 19.5. The van der Waals surface area contributed by atoms with Gasteiger partial charge >= 0.3 is 5.97 Å². The van der Waals surface area contributed by atoms with Crippen LogP contribution in [-0.4, -0.2) is 24.8 Å². The van der Waals surface area contributed by atoms with Crippen LogP contribution >= 0.6 is 11.3 Å². The van der Waals surface area contributed by atoms with Gasteiger partial charge in [-0.3, -0.25) is 9.36 Å². The zero-order valence-electron chi connectivity index (χ0n) is 26.0. The van der Waals surface area contributed by atoms with E-state index >= 15 is 0 Å². The van der Waals surface area contributed by atoms with Gasteiger partial charge in [-0.2, -0.15) is 0 Å². The van der Waals surface area contributed by atoms with E-state index in [1.54, 1.807) is 11.7 Å². The molecule has 0 N–H and O–H groups in total. The lowest BCUT2D eigenvalue weighted by Gasteiger charge is -2.25. The minimum atomic E-state index is -0.655. The van der Waals surface area contributed by atoms with Crippen LogP contribution in [0.5, 0.6) is 11.5 Å². The quantitative estimate of drug-likeness (QED) is 0.134. The largest absolute Gasteiger partial charge is 0.493 e. The minimum absolute atomic E-state index is 0.241. The molecule has 0 radical (unpaired) electrons. The average Bonchev–Trinajstić information content (AvgIpc) is 3.40. The fourth-order valence-electron chi connectivity index (χ4n) is 5.92. The average molecular weight is 631 g/mol. The van der Waals surface area contributed by atoms with E-state index in [1.165, 1.54) is 18.4 Å². The third-order valence-corrected chi connectivity index (χ3v) is 9.04. The SMILES string of the molecule is C=CCc1cc(/C=c2\sc3n(c2=O)[C@H](c2ccccc2)C(C(=O)OC)=C(CC)N=3)cc(OC)c1OCc1cccc2ccccc12. The molecule has 1 atom stereocenters. The van der Waals surface area contributed by atoms with E-state index in [-0.39, 0.29) is 5.56 Å². The highest BCUT2D eigenvalue weighted by Gasteiger charge is 2.33. The highest BCUT2D eigenvalue weighted by Crippen LogP contribution is 2.35. The maximum Gasteiger partial charge on any atom is 0.338 e. The highest BCUT2D eigenvalue weighted by atomic mass is 32.1. The van der Waals surface area contributed by atoms with Crippen LogP contribution in [0.25, 0.3) is 16.8 Å². The topological polar surface area (TPSA) is 79.1 Å². The Labute approximate surface area is 271 Å². The molecule has 6 rings (SSSR count). The summed E-state index contributed by atoms with van der Waals surface area (Å²) in [5.41, 5.74) is 4.27. The van der Waals surface area contributed by atoms with E-state index in [0.717, 1.165) is 33.0 Å². The zero-order chi connectivity index (χ0) is 32.2. The van der Waals surface area contributed by atoms with Gasteiger partial charge in [0, 0.05) is 5.56 Å². The Morgan fingerprint density at radius 1 is 1.00 bits per heavy atom. The third-order valence-electron chi connectivity index (χ3n) is 8.05. The van der Waals surface area contributed by atoms with Crippen molar-refractivity contribution in [2.75, 3.05) is 14.2 Å². The van der Waals surface area contributed by atoms with E-state index < -0.39 is 12.0 Å². The first-order valence-electron chi connectivity index (χ1n) is 15.1. The lowest BCUT2D eigenvalue weighted by molar-refractivity contribution is -0.136. The molecule has 5 aromatic rings. The number of fused-ring (bicyclic) bond motifs is 2. The van der Waals surface area contributed by atoms with E-state index in [9.17, 15) is 9.59 Å². The predicted molar refractivity (Wildman–Crippen MR) is 182 cm³/mol. The number of carbonyl (C=O) groups is 1. The first kappa shape index (κ1) is 30.8. The van der Waals surface area contributed by atoms with E-state index in [1.807, 2.05) is 79.7 Å². The number of methoxy groups -OCH3 is 2. The molecule has 1 aliphatic rings. The van der Waals surface area contributed by atoms with Crippen molar-refractivity contribution >= 4 is 34.2 Å². The van der Waals surface area contributed by atoms with Crippen molar-refractivity contribution in [3.63, 3.8) is 0 Å². The molecule has 7 nitrogen and oxygen atoms in total. The zero-order valence-corrected chi connectivity index (χ0v) is 26.8. The van der Waals surface area contributed by atoms with Crippen molar-refractivity contribution in [2.45, 2.75) is 32.4 Å². The molecule has 232 valence electrons. The number of nitrogens with zero attached hydrogens (tertiary/aromatic N) is 2. The van der Waals surface area contributed by atoms with Crippen LogP contribution in [0.2, 0.25) is 0 Å². The van der Waals surface area contributed by atoms with Gasteiger partial charge in [-0.25, -0.2) is 9.79 Å². The van der Waals surface area contributed by atoms with Crippen LogP contribution < -0.4 is 24.4 Å². The summed E-state index contributed by atoms with van der Waals surface area (Å²) in [4.78, 5) is 32.4. The van der Waals surface area contributed by atoms with Gasteiger partial charge in [0.2, 0.25) is 0 Å². The number of hydrogen-bond acceptors (Lipinski definition) is 7. The molecule has 4 aromatic carbocycles. The number of rotatable bonds is 10. The van der Waals surface area contributed by atoms with Crippen LogP contribution in [0.4, 0.5) is 0 Å². The first-order valence-corrected chi connectivity index (χ1v) is 15.9. The molecular formula is C38H34N2O5S. The third kappa shape index (κ3) is 5.79. The smallest absolute Gasteiger partial charge is 0.338 e. The van der Waals surface area contributed by atoms with Crippen LogP contribution in [-0.2, 0) is 22.6 Å². The summed E-state index contributed by atoms with van der Waals surface area (Å²) in [7, 11) is 2.95. The molecule has 0 amide bonds. The van der Waals surface area contributed by atoms with Crippen LogP contribution in [0, 0.1) is 0 Å². The lowest BCUT2D eigenvalue weighted by Crippen LogP contribution is -2.40. The van der Waals surface area contributed by atoms with Gasteiger partial charge in [0.25, 0.3) is 5.56 Å². The Kier molecular flexibility index (Phi) is 8.99. The van der Waals surface area contributed by atoms with E-state index in [4.69, 9.17) is 19.2 Å². The number of carbonyl (C=O) groups excluding carboxylic acids is 1. The highest BCUT2D eigenvalue weighted by molar-refractivity contribution is 7.07. The van der Waals surface area contributed by atoms with Crippen LogP contribution in [0.1, 0.15) is 41.6 Å². The number of benzene rings is 4. The Morgan fingerprint density at radius 3 is 2.50 bits per heavy atom. The maximum absolute atomic E-state index is 14.1. The summed E-state index contributed by atoms with van der Waals surface area (Å²) in [6, 6.07) is 27.1. The molecule has 8 heteroatoms. The van der Waals surface area contributed by atoms with Crippen molar-refractivity contribution in [3.8, 4) is 11.5 Å². The molecular weight excluding hydrogens is 596 g/mol. The fraction of sp³-hybridized carbons (Fsp3) is 0.184. The number of hydrogen-bond donors (Lipinski definition) is 0. The second-order valence-corrected chi connectivity index (χ2v) is 11.8. The standard InChI is InChI=1S/C38H34N2O5S/c1-5-13-27-20-24(21-31(43-3)35(27)45-23-28-18-12-17-25-14-10-11-19-29(25)28)22-32-36(41)40-34(26-15-8-7-9-16-26)33(37(42)44-4)30(6-2)39-38(40)46-32/h5,7-12,14-22,34H,1,6,13,23H2,2-4H3/b32-22-/t34-/m1/s1. The van der Waals surface area contributed by atoms with Gasteiger partial charge in [0.05, 0.1) is 36.1 Å². The van der Waals surface area contributed by atoms with Crippen molar-refractivity contribution in [2.24, 2.45) is 4.99 Å². The van der Waals surface area contributed by atoms with Gasteiger partial charge in [-0.05, 0) is 58.5 Å². The van der Waals surface area contributed by atoms with Crippen molar-refractivity contribution in [3.05, 3.63) is 151 Å². The Hall–Kier alpha value is -5.21. The summed E-state index contributed by atoms with van der Waals surface area (Å²) >= 11 is 1.29. The van der Waals surface area contributed by atoms with Gasteiger partial charge in [-0.1, -0.05) is 97.1 Å². The molecule has 0 aliphatic carbocycles. The molecule has 1 aromatic heterocycles. The molecule has 0 saturated heterocycles. The van der Waals surface area contributed by atoms with E-state index in [0.29, 0.717) is 51.6 Å². The fourth-order valence-corrected chi connectivity index (χ4v) is 6.94. The molecule has 0 fully saturated rings. The molecule has 0 saturated carbocycles. The second-order valence-electron chi connectivity index (χ2n) is 10.8. The van der Waals surface area contributed by atoms with Crippen molar-refractivity contribution in [1.82, 2.24) is 4.57 Å². The predicted octanol–water partition coefficient (Wildman–Crippen LogP) is 6.27. The number of ether oxygens (including phenoxy) is 3. The summed E-state index contributed by atoms with van der Waals surface area (Å²) in [6.45, 7) is 6.25. The normalized spacial score (nSPS) is 14.5. The molecule has 1 aliphatic heterocycles. The maximum atomic E-state index is 14.1.